The average Bonchev–Trinajstić information content (AvgIpc) is 3.28. The van der Waals surface area contributed by atoms with Crippen LogP contribution in [0, 0.1) is 6.92 Å². The number of rotatable bonds is 5. The molecule has 0 aromatic heterocycles. The van der Waals surface area contributed by atoms with Crippen molar-refractivity contribution in [2.75, 3.05) is 17.2 Å². The number of nitrogens with one attached hydrogen (secondary N) is 3. The maximum Gasteiger partial charge on any atom is 0.416 e. The molecule has 0 saturated heterocycles. The standard InChI is InChI=1S/C25H28F3N3O/c1-16-8-11-20(15-22(16)25(26,27)28)31-24(32)21-7-4-14-29-23(21)17-9-12-19(13-10-17)30-18-5-2-3-6-18/h8-13,15,18,29-30H,2-7,14H2,1H3,(H,31,32). The van der Waals surface area contributed by atoms with Gasteiger partial charge < -0.3 is 16.0 Å². The number of amides is 1. The van der Waals surface area contributed by atoms with Gasteiger partial charge in [-0.15, -0.1) is 0 Å². The number of aryl methyl sites for hydroxylation is 1. The minimum Gasteiger partial charge on any atom is -0.384 e. The molecular weight excluding hydrogens is 415 g/mol. The molecular formula is C25H28F3N3O. The summed E-state index contributed by atoms with van der Waals surface area (Å²) in [4.78, 5) is 13.0. The van der Waals surface area contributed by atoms with Gasteiger partial charge in [0.05, 0.1) is 11.3 Å². The predicted molar refractivity (Wildman–Crippen MR) is 121 cm³/mol. The van der Waals surface area contributed by atoms with Gasteiger partial charge in [-0.2, -0.15) is 13.2 Å². The van der Waals surface area contributed by atoms with E-state index in [1.54, 1.807) is 0 Å². The molecule has 0 radical (unpaired) electrons. The summed E-state index contributed by atoms with van der Waals surface area (Å²) >= 11 is 0. The molecule has 1 aliphatic heterocycles. The van der Waals surface area contributed by atoms with Crippen molar-refractivity contribution < 1.29 is 18.0 Å². The molecule has 4 nitrogen and oxygen atoms in total. The van der Waals surface area contributed by atoms with E-state index in [-0.39, 0.29) is 17.2 Å². The van der Waals surface area contributed by atoms with Crippen LogP contribution in [-0.2, 0) is 11.0 Å². The number of hydrogen-bond donors (Lipinski definition) is 3. The summed E-state index contributed by atoms with van der Waals surface area (Å²) in [6, 6.07) is 12.4. The fourth-order valence-electron chi connectivity index (χ4n) is 4.46. The zero-order valence-corrected chi connectivity index (χ0v) is 18.1. The van der Waals surface area contributed by atoms with E-state index in [1.165, 1.54) is 44.7 Å². The monoisotopic (exact) mass is 443 g/mol. The quantitative estimate of drug-likeness (QED) is 0.523. The first-order chi connectivity index (χ1) is 15.3. The molecule has 0 atom stereocenters. The molecule has 1 heterocycles. The maximum absolute atomic E-state index is 13.2. The lowest BCUT2D eigenvalue weighted by Gasteiger charge is -2.23. The van der Waals surface area contributed by atoms with E-state index in [9.17, 15) is 18.0 Å². The van der Waals surface area contributed by atoms with Crippen molar-refractivity contribution in [3.05, 3.63) is 64.7 Å². The second-order valence-electron chi connectivity index (χ2n) is 8.57. The summed E-state index contributed by atoms with van der Waals surface area (Å²) < 4.78 is 39.7. The Kier molecular flexibility index (Phi) is 6.44. The van der Waals surface area contributed by atoms with Gasteiger partial charge in [-0.1, -0.05) is 31.0 Å². The predicted octanol–water partition coefficient (Wildman–Crippen LogP) is 6.10. The number of anilines is 2. The minimum absolute atomic E-state index is 0.126. The van der Waals surface area contributed by atoms with Crippen molar-refractivity contribution in [2.45, 2.75) is 57.7 Å². The summed E-state index contributed by atoms with van der Waals surface area (Å²) in [5, 5.41) is 9.52. The zero-order chi connectivity index (χ0) is 22.7. The van der Waals surface area contributed by atoms with Crippen molar-refractivity contribution in [3.8, 4) is 0 Å². The van der Waals surface area contributed by atoms with Gasteiger partial charge in [0.25, 0.3) is 5.91 Å². The molecule has 1 saturated carbocycles. The van der Waals surface area contributed by atoms with E-state index in [0.29, 0.717) is 18.0 Å². The first-order valence-corrected chi connectivity index (χ1v) is 11.1. The van der Waals surface area contributed by atoms with Crippen molar-refractivity contribution in [2.24, 2.45) is 0 Å². The number of carbonyl (C=O) groups is 1. The highest BCUT2D eigenvalue weighted by Gasteiger charge is 2.32. The molecule has 1 amide bonds. The Morgan fingerprint density at radius 3 is 2.38 bits per heavy atom. The number of hydrogen-bond acceptors (Lipinski definition) is 3. The number of alkyl halides is 3. The first-order valence-electron chi connectivity index (χ1n) is 11.1. The third-order valence-electron chi connectivity index (χ3n) is 6.18. The Balaban J connectivity index is 1.54. The third-order valence-corrected chi connectivity index (χ3v) is 6.18. The Bertz CT molecular complexity index is 1010. The van der Waals surface area contributed by atoms with Gasteiger partial charge >= 0.3 is 6.18 Å². The average molecular weight is 444 g/mol. The van der Waals surface area contributed by atoms with Crippen LogP contribution < -0.4 is 16.0 Å². The number of halogens is 3. The van der Waals surface area contributed by atoms with E-state index in [1.807, 2.05) is 24.3 Å². The molecule has 3 N–H and O–H groups in total. The Labute approximate surface area is 186 Å². The molecule has 0 spiro atoms. The van der Waals surface area contributed by atoms with Crippen LogP contribution >= 0.6 is 0 Å². The summed E-state index contributed by atoms with van der Waals surface area (Å²) in [7, 11) is 0. The van der Waals surface area contributed by atoms with E-state index in [0.717, 1.165) is 36.0 Å². The molecule has 0 unspecified atom stereocenters. The van der Waals surface area contributed by atoms with Crippen LogP contribution in [0.3, 0.4) is 0 Å². The second-order valence-corrected chi connectivity index (χ2v) is 8.57. The van der Waals surface area contributed by atoms with Crippen LogP contribution in [0.1, 0.15) is 55.2 Å². The third kappa shape index (κ3) is 5.09. The topological polar surface area (TPSA) is 53.2 Å². The lowest BCUT2D eigenvalue weighted by molar-refractivity contribution is -0.138. The lowest BCUT2D eigenvalue weighted by Crippen LogP contribution is -2.27. The minimum atomic E-state index is -4.46. The van der Waals surface area contributed by atoms with Crippen molar-refractivity contribution in [1.29, 1.82) is 0 Å². The molecule has 0 bridgehead atoms. The summed E-state index contributed by atoms with van der Waals surface area (Å²) in [5.74, 6) is -0.377. The molecule has 2 aromatic rings. The molecule has 1 fully saturated rings. The SMILES string of the molecule is Cc1ccc(NC(=O)C2=C(c3ccc(NC4CCCC4)cc3)NCCC2)cc1C(F)(F)F. The van der Waals surface area contributed by atoms with Gasteiger partial charge in [-0.3, -0.25) is 4.79 Å². The first kappa shape index (κ1) is 22.2. The molecule has 7 heteroatoms. The van der Waals surface area contributed by atoms with Gasteiger partial charge in [-0.25, -0.2) is 0 Å². The Morgan fingerprint density at radius 2 is 1.69 bits per heavy atom. The lowest BCUT2D eigenvalue weighted by atomic mass is 9.97. The zero-order valence-electron chi connectivity index (χ0n) is 18.1. The van der Waals surface area contributed by atoms with Crippen LogP contribution in [0.15, 0.2) is 48.0 Å². The molecule has 32 heavy (non-hydrogen) atoms. The van der Waals surface area contributed by atoms with E-state index < -0.39 is 11.7 Å². The van der Waals surface area contributed by atoms with Gasteiger partial charge in [-0.05, 0) is 68.0 Å². The normalized spacial score (nSPS) is 17.2. The van der Waals surface area contributed by atoms with Crippen molar-refractivity contribution >= 4 is 23.0 Å². The molecule has 4 rings (SSSR count). The van der Waals surface area contributed by atoms with Crippen LogP contribution in [0.4, 0.5) is 24.5 Å². The molecule has 170 valence electrons. The highest BCUT2D eigenvalue weighted by Crippen LogP contribution is 2.34. The maximum atomic E-state index is 13.2. The van der Waals surface area contributed by atoms with Gasteiger partial charge in [0.2, 0.25) is 0 Å². The summed E-state index contributed by atoms with van der Waals surface area (Å²) in [5.41, 5.74) is 2.78. The summed E-state index contributed by atoms with van der Waals surface area (Å²) in [6.07, 6.45) is 1.79. The number of benzene rings is 2. The largest absolute Gasteiger partial charge is 0.416 e. The van der Waals surface area contributed by atoms with Crippen LogP contribution in [-0.4, -0.2) is 18.5 Å². The fourth-order valence-corrected chi connectivity index (χ4v) is 4.46. The summed E-state index contributed by atoms with van der Waals surface area (Å²) in [6.45, 7) is 2.16. The highest BCUT2D eigenvalue weighted by atomic mass is 19.4. The smallest absolute Gasteiger partial charge is 0.384 e. The van der Waals surface area contributed by atoms with Gasteiger partial charge in [0.15, 0.2) is 0 Å². The van der Waals surface area contributed by atoms with Crippen LogP contribution in [0.2, 0.25) is 0 Å². The molecule has 2 aliphatic rings. The van der Waals surface area contributed by atoms with Crippen LogP contribution in [0.25, 0.3) is 5.70 Å². The van der Waals surface area contributed by atoms with Crippen LogP contribution in [0.5, 0.6) is 0 Å². The number of carbonyl (C=O) groups excluding carboxylic acids is 1. The Morgan fingerprint density at radius 1 is 1.00 bits per heavy atom. The Hall–Kier alpha value is -2.96. The van der Waals surface area contributed by atoms with E-state index in [2.05, 4.69) is 16.0 Å². The van der Waals surface area contributed by atoms with Crippen molar-refractivity contribution in [1.82, 2.24) is 5.32 Å². The molecule has 2 aromatic carbocycles. The fraction of sp³-hybridized carbons (Fsp3) is 0.400. The highest BCUT2D eigenvalue weighted by molar-refractivity contribution is 6.09. The second kappa shape index (κ2) is 9.27. The van der Waals surface area contributed by atoms with Crippen molar-refractivity contribution in [3.63, 3.8) is 0 Å². The van der Waals surface area contributed by atoms with E-state index in [4.69, 9.17) is 0 Å². The molecule has 1 aliphatic carbocycles. The van der Waals surface area contributed by atoms with Gasteiger partial charge in [0, 0.05) is 29.5 Å². The van der Waals surface area contributed by atoms with Gasteiger partial charge in [0.1, 0.15) is 0 Å². The van der Waals surface area contributed by atoms with E-state index >= 15 is 0 Å².